The molecular weight excluding hydrogens is 652 g/mol. The van der Waals surface area contributed by atoms with E-state index in [0.29, 0.717) is 37.5 Å². The number of nitrogens with one attached hydrogen (secondary N) is 2. The van der Waals surface area contributed by atoms with Crippen LogP contribution in [0.3, 0.4) is 0 Å². The zero-order valence-electron chi connectivity index (χ0n) is 26.0. The number of hydrogen-bond donors (Lipinski definition) is 2. The van der Waals surface area contributed by atoms with Crippen LogP contribution in [-0.4, -0.2) is 43.9 Å². The van der Waals surface area contributed by atoms with Crippen LogP contribution in [0.1, 0.15) is 61.3 Å². The first-order chi connectivity index (χ1) is 22.6. The Balaban J connectivity index is 2.07. The van der Waals surface area contributed by atoms with E-state index in [9.17, 15) is 40.3 Å². The third-order valence-electron chi connectivity index (χ3n) is 7.28. The van der Waals surface area contributed by atoms with Crippen LogP contribution >= 0.6 is 0 Å². The van der Waals surface area contributed by atoms with Gasteiger partial charge in [0, 0.05) is 18.9 Å². The number of alkyl halides is 7. The fraction of sp³-hybridized carbons (Fsp3) is 0.412. The average molecular weight is 689 g/mol. The van der Waals surface area contributed by atoms with Gasteiger partial charge in [-0.15, -0.1) is 0 Å². The summed E-state index contributed by atoms with van der Waals surface area (Å²) in [6, 6.07) is 15.6. The minimum atomic E-state index is -5.00. The minimum Gasteiger partial charge on any atom is -0.466 e. The Morgan fingerprint density at radius 1 is 0.812 bits per heavy atom. The largest absolute Gasteiger partial charge is 0.466 e. The molecule has 3 aromatic carbocycles. The first-order valence-electron chi connectivity index (χ1n) is 15.2. The first kappa shape index (κ1) is 38.1. The number of unbranched alkanes of at least 4 members (excludes halogenated alkanes) is 3. The second-order valence-corrected chi connectivity index (χ2v) is 11.1. The molecule has 262 valence electrons. The maximum Gasteiger partial charge on any atom is 0.461 e. The Morgan fingerprint density at radius 2 is 1.50 bits per heavy atom. The van der Waals surface area contributed by atoms with E-state index in [1.54, 1.807) is 60.8 Å². The number of carbonyl (C=O) groups excluding carboxylic acids is 2. The molecule has 0 aliphatic rings. The van der Waals surface area contributed by atoms with Crippen molar-refractivity contribution in [2.75, 3.05) is 13.2 Å². The predicted octanol–water partition coefficient (Wildman–Crippen LogP) is 8.47. The molecule has 0 heterocycles. The van der Waals surface area contributed by atoms with Crippen LogP contribution in [-0.2, 0) is 27.9 Å². The molecule has 3 rings (SSSR count). The van der Waals surface area contributed by atoms with Crippen molar-refractivity contribution in [1.29, 1.82) is 0 Å². The number of hydrogen-bond acceptors (Lipinski definition) is 4. The zero-order chi connectivity index (χ0) is 35.4. The first-order valence-corrected chi connectivity index (χ1v) is 15.2. The van der Waals surface area contributed by atoms with Crippen molar-refractivity contribution in [1.82, 2.24) is 10.6 Å². The summed E-state index contributed by atoms with van der Waals surface area (Å²) >= 11 is 0. The molecule has 0 saturated heterocycles. The number of esters is 1. The Kier molecular flexibility index (Phi) is 13.6. The molecule has 0 fully saturated rings. The van der Waals surface area contributed by atoms with Crippen molar-refractivity contribution in [3.8, 4) is 5.75 Å². The monoisotopic (exact) mass is 688 g/mol. The van der Waals surface area contributed by atoms with Gasteiger partial charge in [-0.25, -0.2) is 9.18 Å². The lowest BCUT2D eigenvalue weighted by atomic mass is 9.77. The normalized spacial score (nSPS) is 13.1. The smallest absolute Gasteiger partial charge is 0.461 e. The summed E-state index contributed by atoms with van der Waals surface area (Å²) in [7, 11) is 0. The van der Waals surface area contributed by atoms with E-state index in [1.807, 2.05) is 0 Å². The molecule has 48 heavy (non-hydrogen) atoms. The van der Waals surface area contributed by atoms with Gasteiger partial charge < -0.3 is 20.1 Å². The summed E-state index contributed by atoms with van der Waals surface area (Å²) in [5, 5.41) is 4.22. The van der Waals surface area contributed by atoms with Crippen molar-refractivity contribution in [3.05, 3.63) is 101 Å². The summed E-state index contributed by atoms with van der Waals surface area (Å²) < 4.78 is 117. The van der Waals surface area contributed by atoms with Crippen molar-refractivity contribution in [2.45, 2.75) is 76.1 Å². The highest BCUT2D eigenvalue weighted by Gasteiger charge is 2.45. The number of urea groups is 1. The summed E-state index contributed by atoms with van der Waals surface area (Å²) in [6.45, 7) is 0.304. The van der Waals surface area contributed by atoms with Gasteiger partial charge in [0.05, 0.1) is 12.1 Å². The highest BCUT2D eigenvalue weighted by Crippen LogP contribution is 2.38. The number of carbonyl (C=O) groups is 2. The molecular formula is C34H36F8N2O4. The van der Waals surface area contributed by atoms with Crippen LogP contribution in [0.2, 0.25) is 0 Å². The molecule has 6 nitrogen and oxygen atoms in total. The van der Waals surface area contributed by atoms with Gasteiger partial charge in [0.2, 0.25) is 0 Å². The number of rotatable bonds is 17. The van der Waals surface area contributed by atoms with E-state index in [4.69, 9.17) is 4.74 Å². The van der Waals surface area contributed by atoms with E-state index in [2.05, 4.69) is 10.1 Å². The van der Waals surface area contributed by atoms with Gasteiger partial charge in [0.1, 0.15) is 18.1 Å². The Bertz CT molecular complexity index is 1490. The molecule has 2 N–H and O–H groups in total. The number of amides is 2. The molecule has 0 saturated carbocycles. The topological polar surface area (TPSA) is 76.7 Å². The van der Waals surface area contributed by atoms with Gasteiger partial charge >= 0.3 is 30.7 Å². The molecule has 0 unspecified atom stereocenters. The van der Waals surface area contributed by atoms with Crippen molar-refractivity contribution < 1.29 is 54.2 Å². The summed E-state index contributed by atoms with van der Waals surface area (Å²) in [5.41, 5.74) is -0.710. The molecule has 0 aliphatic heterocycles. The van der Waals surface area contributed by atoms with Gasteiger partial charge in [0.25, 0.3) is 0 Å². The fourth-order valence-electron chi connectivity index (χ4n) is 5.13. The lowest BCUT2D eigenvalue weighted by Gasteiger charge is -2.37. The second-order valence-electron chi connectivity index (χ2n) is 11.1. The molecule has 2 amide bonds. The molecule has 14 heteroatoms. The summed E-state index contributed by atoms with van der Waals surface area (Å²) in [6.07, 6.45) is -10.7. The number of aryl methyl sites for hydroxylation is 1. The standard InChI is InChI=1S/C34H36F8N2O4/c1-2-47-29(45)16-9-4-3-6-11-23-14-10-15-25(17-23)32(21-24-12-7-5-8-13-24,44-31(46)43-22-33(38,39)40)26-18-27(35)20-28(19-26)48-34(41,42)30(36)37/h5,7-8,10,12-15,17-20,30H,2-4,6,9,11,16,21-22H2,1H3,(H2,43,44,46)/t32-/m1/s1. The van der Waals surface area contributed by atoms with Crippen LogP contribution < -0.4 is 15.4 Å². The van der Waals surface area contributed by atoms with Gasteiger partial charge in [-0.05, 0) is 60.6 Å². The minimum absolute atomic E-state index is 0.223. The third-order valence-corrected chi connectivity index (χ3v) is 7.28. The molecule has 1 atom stereocenters. The Labute approximate surface area is 272 Å². The summed E-state index contributed by atoms with van der Waals surface area (Å²) in [4.78, 5) is 24.6. The number of halogens is 8. The lowest BCUT2D eigenvalue weighted by molar-refractivity contribution is -0.253. The molecule has 0 aromatic heterocycles. The molecule has 0 spiro atoms. The number of benzene rings is 3. The van der Waals surface area contributed by atoms with Gasteiger partial charge in [-0.3, -0.25) is 4.79 Å². The van der Waals surface area contributed by atoms with Gasteiger partial charge in [-0.2, -0.15) is 30.7 Å². The van der Waals surface area contributed by atoms with Crippen molar-refractivity contribution >= 4 is 12.0 Å². The van der Waals surface area contributed by atoms with E-state index >= 15 is 4.39 Å². The lowest BCUT2D eigenvalue weighted by Crippen LogP contribution is -2.53. The molecule has 0 bridgehead atoms. The van der Waals surface area contributed by atoms with Crippen LogP contribution in [0, 0.1) is 5.82 Å². The van der Waals surface area contributed by atoms with Gasteiger partial charge in [0.15, 0.2) is 0 Å². The van der Waals surface area contributed by atoms with E-state index < -0.39 is 48.4 Å². The van der Waals surface area contributed by atoms with Gasteiger partial charge in [-0.1, -0.05) is 67.4 Å². The highest BCUT2D eigenvalue weighted by atomic mass is 19.4. The van der Waals surface area contributed by atoms with Crippen LogP contribution in [0.4, 0.5) is 39.9 Å². The number of ether oxygens (including phenoxy) is 2. The van der Waals surface area contributed by atoms with E-state index in [1.165, 1.54) is 6.07 Å². The van der Waals surface area contributed by atoms with Crippen molar-refractivity contribution in [2.24, 2.45) is 0 Å². The Morgan fingerprint density at radius 3 is 2.17 bits per heavy atom. The van der Waals surface area contributed by atoms with E-state index in [0.717, 1.165) is 30.5 Å². The highest BCUT2D eigenvalue weighted by molar-refractivity contribution is 5.76. The zero-order valence-corrected chi connectivity index (χ0v) is 26.0. The van der Waals surface area contributed by atoms with Crippen LogP contribution in [0.25, 0.3) is 0 Å². The van der Waals surface area contributed by atoms with Crippen molar-refractivity contribution in [3.63, 3.8) is 0 Å². The molecule has 0 radical (unpaired) electrons. The van der Waals surface area contributed by atoms with Crippen LogP contribution in [0.15, 0.2) is 72.8 Å². The SMILES string of the molecule is CCOC(=O)CCCCCCc1cccc([C@@](Cc2ccccc2)(NC(=O)NCC(F)(F)F)c2cc(F)cc(OC(F)(F)C(F)F)c2)c1. The fourth-order valence-corrected chi connectivity index (χ4v) is 5.13. The molecule has 0 aliphatic carbocycles. The van der Waals surface area contributed by atoms with E-state index in [-0.39, 0.29) is 29.9 Å². The van der Waals surface area contributed by atoms with Crippen LogP contribution in [0.5, 0.6) is 5.75 Å². The average Bonchev–Trinajstić information content (AvgIpc) is 3.01. The predicted molar refractivity (Wildman–Crippen MR) is 161 cm³/mol. The second kappa shape index (κ2) is 17.2. The summed E-state index contributed by atoms with van der Waals surface area (Å²) in [5.74, 6) is -2.47. The maximum absolute atomic E-state index is 15.1. The Hall–Kier alpha value is -4.36. The third kappa shape index (κ3) is 11.7. The quantitative estimate of drug-likeness (QED) is 0.0848. The maximum atomic E-state index is 15.1. The molecule has 3 aromatic rings.